The van der Waals surface area contributed by atoms with Crippen LogP contribution in [0.15, 0.2) is 47.1 Å². The maximum atomic E-state index is 13.3. The van der Waals surface area contributed by atoms with E-state index in [1.807, 2.05) is 6.92 Å². The van der Waals surface area contributed by atoms with E-state index in [0.29, 0.717) is 9.90 Å². The smallest absolute Gasteiger partial charge is 0.348 e. The van der Waals surface area contributed by atoms with Gasteiger partial charge in [-0.15, -0.1) is 0 Å². The Bertz CT molecular complexity index is 1100. The van der Waals surface area contributed by atoms with Gasteiger partial charge in [-0.2, -0.15) is 18.3 Å². The number of benzene rings is 1. The molecular weight excluding hydrogens is 461 g/mol. The molecule has 1 heterocycles. The summed E-state index contributed by atoms with van der Waals surface area (Å²) in [6, 6.07) is 4.52. The number of nitrogens with zero attached hydrogens (tertiary/aromatic N) is 2. The molecule has 0 fully saturated rings. The van der Waals surface area contributed by atoms with Crippen molar-refractivity contribution in [3.63, 3.8) is 0 Å². The Morgan fingerprint density at radius 3 is 2.66 bits per heavy atom. The van der Waals surface area contributed by atoms with E-state index in [2.05, 4.69) is 10.4 Å². The molecule has 1 amide bonds. The van der Waals surface area contributed by atoms with Crippen molar-refractivity contribution in [2.45, 2.75) is 32.0 Å². The van der Waals surface area contributed by atoms with Gasteiger partial charge in [0.2, 0.25) is 0 Å². The molecule has 0 unspecified atom stereocenters. The van der Waals surface area contributed by atoms with Crippen LogP contribution >= 0.6 is 23.8 Å². The molecule has 0 bridgehead atoms. The highest BCUT2D eigenvalue weighted by molar-refractivity contribution is 7.81. The van der Waals surface area contributed by atoms with Crippen LogP contribution in [0.25, 0.3) is 5.57 Å². The highest BCUT2D eigenvalue weighted by Crippen LogP contribution is 2.34. The lowest BCUT2D eigenvalue weighted by Crippen LogP contribution is -2.43. The zero-order chi connectivity index (χ0) is 23.6. The quantitative estimate of drug-likeness (QED) is 0.608. The Morgan fingerprint density at radius 2 is 2.06 bits per heavy atom. The number of nitrogens with one attached hydrogen (secondary N) is 1. The zero-order valence-corrected chi connectivity index (χ0v) is 19.0. The van der Waals surface area contributed by atoms with Crippen LogP contribution in [0.2, 0.25) is 0 Å². The first kappa shape index (κ1) is 24.2. The number of hydrogen-bond acceptors (Lipinski definition) is 4. The van der Waals surface area contributed by atoms with Crippen LogP contribution in [0.4, 0.5) is 13.2 Å². The summed E-state index contributed by atoms with van der Waals surface area (Å²) in [5, 5.41) is 7.27. The minimum atomic E-state index is -4.49. The molecule has 1 aromatic heterocycles. The van der Waals surface area contributed by atoms with Gasteiger partial charge in [-0.1, -0.05) is 42.0 Å². The second-order valence-corrected chi connectivity index (χ2v) is 8.45. The Hall–Kier alpha value is -2.49. The van der Waals surface area contributed by atoms with Crippen LogP contribution in [0, 0.1) is 6.92 Å². The Kier molecular flexibility index (Phi) is 7.22. The summed E-state index contributed by atoms with van der Waals surface area (Å²) in [4.78, 5) is 13.3. The monoisotopic (exact) mass is 482 g/mol. The molecule has 0 spiro atoms. The van der Waals surface area contributed by atoms with Crippen LogP contribution in [0.5, 0.6) is 0 Å². The number of amides is 1. The van der Waals surface area contributed by atoms with Gasteiger partial charge in [-0.25, -0.2) is 0 Å². The molecule has 32 heavy (non-hydrogen) atoms. The number of hydrogen-bond donors (Lipinski definition) is 2. The van der Waals surface area contributed by atoms with E-state index in [9.17, 15) is 18.0 Å². The molecule has 0 saturated heterocycles. The van der Waals surface area contributed by atoms with E-state index in [-0.39, 0.29) is 30.5 Å². The molecule has 170 valence electrons. The molecule has 0 saturated carbocycles. The standard InChI is InChI=1S/C22H22ClF3N4OS/c1-12-11-28-30(2)20(12)15-9-19(32)16(8-18(15)23)21(31)29-14(10-27)7-13-5-3-4-6-17(13)22(24,25)26/h3-6,8,11,14H,7,9-10,27H2,1-2H3,(H,29,31)/t14-/m0/s1. The molecule has 1 atom stereocenters. The molecule has 1 aromatic carbocycles. The van der Waals surface area contributed by atoms with Gasteiger partial charge in [-0.05, 0) is 36.6 Å². The van der Waals surface area contributed by atoms with Crippen molar-refractivity contribution >= 4 is 40.2 Å². The SMILES string of the molecule is Cc1cnn(C)c1C1=C(Cl)C=C(C(=O)N[C@H](CN)Cc2ccccc2C(F)(F)F)C(=S)C1. The number of rotatable bonds is 6. The van der Waals surface area contributed by atoms with Crippen LogP contribution in [-0.4, -0.2) is 33.1 Å². The summed E-state index contributed by atoms with van der Waals surface area (Å²) in [6.45, 7) is 1.86. The Morgan fingerprint density at radius 1 is 1.38 bits per heavy atom. The first-order valence-electron chi connectivity index (χ1n) is 9.81. The summed E-state index contributed by atoms with van der Waals surface area (Å²) in [5.74, 6) is -0.520. The number of alkyl halides is 3. The third kappa shape index (κ3) is 5.11. The third-order valence-corrected chi connectivity index (χ3v) is 5.96. The summed E-state index contributed by atoms with van der Waals surface area (Å²) < 4.78 is 41.6. The summed E-state index contributed by atoms with van der Waals surface area (Å²) in [7, 11) is 1.79. The van der Waals surface area contributed by atoms with Crippen molar-refractivity contribution in [2.24, 2.45) is 12.8 Å². The number of allylic oxidation sites excluding steroid dienone is 3. The second-order valence-electron chi connectivity index (χ2n) is 7.55. The maximum absolute atomic E-state index is 13.3. The number of aromatic nitrogens is 2. The van der Waals surface area contributed by atoms with Gasteiger partial charge < -0.3 is 11.1 Å². The molecule has 1 aliphatic rings. The second kappa shape index (κ2) is 9.56. The lowest BCUT2D eigenvalue weighted by Gasteiger charge is -2.23. The van der Waals surface area contributed by atoms with Crippen LogP contribution in [0.3, 0.4) is 0 Å². The number of aryl methyl sites for hydroxylation is 2. The molecule has 0 radical (unpaired) electrons. The van der Waals surface area contributed by atoms with E-state index in [4.69, 9.17) is 29.6 Å². The highest BCUT2D eigenvalue weighted by atomic mass is 35.5. The predicted octanol–water partition coefficient (Wildman–Crippen LogP) is 4.08. The van der Waals surface area contributed by atoms with Crippen molar-refractivity contribution in [3.8, 4) is 0 Å². The van der Waals surface area contributed by atoms with Gasteiger partial charge in [0.25, 0.3) is 5.91 Å². The van der Waals surface area contributed by atoms with E-state index in [1.54, 1.807) is 17.9 Å². The summed E-state index contributed by atoms with van der Waals surface area (Å²) >= 11 is 11.9. The van der Waals surface area contributed by atoms with Crippen LogP contribution in [-0.2, 0) is 24.4 Å². The molecule has 10 heteroatoms. The van der Waals surface area contributed by atoms with Crippen molar-refractivity contribution in [1.82, 2.24) is 15.1 Å². The van der Waals surface area contributed by atoms with Gasteiger partial charge in [0.05, 0.1) is 23.0 Å². The first-order valence-corrected chi connectivity index (χ1v) is 10.6. The van der Waals surface area contributed by atoms with Gasteiger partial charge in [0, 0.05) is 41.5 Å². The number of halogens is 4. The predicted molar refractivity (Wildman–Crippen MR) is 122 cm³/mol. The first-order chi connectivity index (χ1) is 15.0. The van der Waals surface area contributed by atoms with Gasteiger partial charge >= 0.3 is 6.18 Å². The van der Waals surface area contributed by atoms with Crippen LogP contribution < -0.4 is 11.1 Å². The average molecular weight is 483 g/mol. The Balaban J connectivity index is 1.82. The minimum absolute atomic E-state index is 0.0407. The maximum Gasteiger partial charge on any atom is 0.416 e. The largest absolute Gasteiger partial charge is 0.416 e. The lowest BCUT2D eigenvalue weighted by atomic mass is 9.93. The third-order valence-electron chi connectivity index (χ3n) is 5.26. The molecule has 3 rings (SSSR count). The Labute approximate surface area is 194 Å². The zero-order valence-electron chi connectivity index (χ0n) is 17.5. The molecule has 1 aliphatic carbocycles. The normalized spacial score (nSPS) is 15.6. The fourth-order valence-electron chi connectivity index (χ4n) is 3.70. The molecule has 2 aromatic rings. The molecule has 0 aliphatic heterocycles. The summed E-state index contributed by atoms with van der Waals surface area (Å²) in [5.41, 5.74) is 7.78. The van der Waals surface area contributed by atoms with Crippen molar-refractivity contribution in [3.05, 3.63) is 69.5 Å². The topological polar surface area (TPSA) is 72.9 Å². The number of nitrogens with two attached hydrogens (primary N) is 1. The van der Waals surface area contributed by atoms with E-state index < -0.39 is 23.7 Å². The lowest BCUT2D eigenvalue weighted by molar-refractivity contribution is -0.138. The fraction of sp³-hybridized carbons (Fsp3) is 0.318. The van der Waals surface area contributed by atoms with Crippen LogP contribution in [0.1, 0.15) is 28.8 Å². The van der Waals surface area contributed by atoms with E-state index in [1.165, 1.54) is 24.3 Å². The van der Waals surface area contributed by atoms with Gasteiger partial charge in [0.1, 0.15) is 0 Å². The van der Waals surface area contributed by atoms with E-state index >= 15 is 0 Å². The number of thiocarbonyl (C=S) groups is 1. The molecule has 5 nitrogen and oxygen atoms in total. The minimum Gasteiger partial charge on any atom is -0.348 e. The van der Waals surface area contributed by atoms with Crippen molar-refractivity contribution < 1.29 is 18.0 Å². The van der Waals surface area contributed by atoms with Crippen molar-refractivity contribution in [2.75, 3.05) is 6.54 Å². The average Bonchev–Trinajstić information content (AvgIpc) is 3.06. The van der Waals surface area contributed by atoms with Gasteiger partial charge in [-0.3, -0.25) is 9.48 Å². The van der Waals surface area contributed by atoms with Crippen molar-refractivity contribution in [1.29, 1.82) is 0 Å². The van der Waals surface area contributed by atoms with E-state index in [0.717, 1.165) is 22.9 Å². The van der Waals surface area contributed by atoms with Gasteiger partial charge in [0.15, 0.2) is 0 Å². The highest BCUT2D eigenvalue weighted by Gasteiger charge is 2.33. The number of carbonyl (C=O) groups is 1. The molecular formula is C22H22ClF3N4OS. The molecule has 3 N–H and O–H groups in total. The summed E-state index contributed by atoms with van der Waals surface area (Å²) in [6.07, 6.45) is -1.08. The fourth-order valence-corrected chi connectivity index (χ4v) is 4.26. The number of carbonyl (C=O) groups excluding carboxylic acids is 1.